The zero-order valence-corrected chi connectivity index (χ0v) is 8.33. The van der Waals surface area contributed by atoms with Crippen LogP contribution in [0.3, 0.4) is 0 Å². The van der Waals surface area contributed by atoms with Crippen LogP contribution in [-0.4, -0.2) is 50.0 Å². The van der Waals surface area contributed by atoms with Crippen molar-refractivity contribution in [3.8, 4) is 0 Å². The molecule has 2 heterocycles. The summed E-state index contributed by atoms with van der Waals surface area (Å²) in [5.41, 5.74) is 0.106. The fourth-order valence-corrected chi connectivity index (χ4v) is 2.49. The average Bonchev–Trinajstić information content (AvgIpc) is 2.03. The summed E-state index contributed by atoms with van der Waals surface area (Å²) in [5, 5.41) is 9.38. The van der Waals surface area contributed by atoms with Crippen LogP contribution >= 0.6 is 0 Å². The van der Waals surface area contributed by atoms with E-state index in [-0.39, 0.29) is 5.41 Å². The molecule has 1 atom stereocenters. The number of hydrogen-bond donors (Lipinski definition) is 1. The minimum Gasteiger partial charge on any atom is -0.396 e. The molecule has 2 rings (SSSR count). The van der Waals surface area contributed by atoms with Crippen LogP contribution in [0.1, 0.15) is 12.8 Å². The zero-order chi connectivity index (χ0) is 9.31. The zero-order valence-electron chi connectivity index (χ0n) is 8.33. The van der Waals surface area contributed by atoms with Crippen molar-refractivity contribution >= 4 is 0 Å². The van der Waals surface area contributed by atoms with Crippen molar-refractivity contribution < 1.29 is 9.84 Å². The third kappa shape index (κ3) is 1.60. The normalized spacial score (nSPS) is 34.2. The predicted molar refractivity (Wildman–Crippen MR) is 50.6 cm³/mol. The van der Waals surface area contributed by atoms with Crippen LogP contribution in [0.15, 0.2) is 0 Å². The van der Waals surface area contributed by atoms with E-state index in [1.165, 1.54) is 19.4 Å². The summed E-state index contributed by atoms with van der Waals surface area (Å²) in [5.74, 6) is 0.644. The van der Waals surface area contributed by atoms with Crippen LogP contribution in [-0.2, 0) is 4.74 Å². The topological polar surface area (TPSA) is 32.7 Å². The lowest BCUT2D eigenvalue weighted by Gasteiger charge is -2.48. The van der Waals surface area contributed by atoms with Gasteiger partial charge in [-0.25, -0.2) is 0 Å². The quantitative estimate of drug-likeness (QED) is 0.673. The van der Waals surface area contributed by atoms with Gasteiger partial charge in [0.25, 0.3) is 0 Å². The Balaban J connectivity index is 1.97. The lowest BCUT2D eigenvalue weighted by molar-refractivity contribution is -0.176. The standard InChI is InChI=1S/C10H19NO2/c1-11-4-2-3-9(5-11)10(6-12)7-13-8-10/h9,12H,2-8H2,1H3. The molecular weight excluding hydrogens is 166 g/mol. The van der Waals surface area contributed by atoms with E-state index in [0.717, 1.165) is 19.8 Å². The molecule has 13 heavy (non-hydrogen) atoms. The van der Waals surface area contributed by atoms with Gasteiger partial charge >= 0.3 is 0 Å². The molecular formula is C10H19NO2. The summed E-state index contributed by atoms with van der Waals surface area (Å²) >= 11 is 0. The first kappa shape index (κ1) is 9.44. The van der Waals surface area contributed by atoms with Crippen molar-refractivity contribution in [2.75, 3.05) is 40.0 Å². The molecule has 0 bridgehead atoms. The van der Waals surface area contributed by atoms with Crippen molar-refractivity contribution in [2.45, 2.75) is 12.8 Å². The predicted octanol–water partition coefficient (Wildman–Crippen LogP) is 0.337. The summed E-state index contributed by atoms with van der Waals surface area (Å²) in [4.78, 5) is 2.36. The van der Waals surface area contributed by atoms with Crippen LogP contribution in [0.25, 0.3) is 0 Å². The lowest BCUT2D eigenvalue weighted by atomic mass is 9.71. The maximum Gasteiger partial charge on any atom is 0.0570 e. The number of ether oxygens (including phenoxy) is 1. The maximum absolute atomic E-state index is 9.38. The summed E-state index contributed by atoms with van der Waals surface area (Å²) in [7, 11) is 2.16. The molecule has 1 N–H and O–H groups in total. The number of nitrogens with zero attached hydrogens (tertiary/aromatic N) is 1. The van der Waals surface area contributed by atoms with Gasteiger partial charge < -0.3 is 14.7 Å². The molecule has 2 fully saturated rings. The Kier molecular flexibility index (Phi) is 2.58. The number of hydrogen-bond acceptors (Lipinski definition) is 3. The smallest absolute Gasteiger partial charge is 0.0570 e. The van der Waals surface area contributed by atoms with Gasteiger partial charge in [0.05, 0.1) is 19.8 Å². The van der Waals surface area contributed by atoms with Gasteiger partial charge in [0.1, 0.15) is 0 Å². The Morgan fingerprint density at radius 1 is 1.54 bits per heavy atom. The molecule has 2 saturated heterocycles. The largest absolute Gasteiger partial charge is 0.396 e. The Morgan fingerprint density at radius 3 is 2.77 bits per heavy atom. The second-order valence-electron chi connectivity index (χ2n) is 4.61. The monoisotopic (exact) mass is 185 g/mol. The highest BCUT2D eigenvalue weighted by molar-refractivity contribution is 4.94. The number of rotatable bonds is 2. The summed E-state index contributed by atoms with van der Waals surface area (Å²) < 4.78 is 5.24. The fraction of sp³-hybridized carbons (Fsp3) is 1.00. The molecule has 1 unspecified atom stereocenters. The van der Waals surface area contributed by atoms with E-state index in [2.05, 4.69) is 11.9 Å². The van der Waals surface area contributed by atoms with Crippen LogP contribution < -0.4 is 0 Å². The number of aliphatic hydroxyl groups excluding tert-OH is 1. The maximum atomic E-state index is 9.38. The van der Waals surface area contributed by atoms with Gasteiger partial charge in [0.2, 0.25) is 0 Å². The highest BCUT2D eigenvalue weighted by Crippen LogP contribution is 2.39. The summed E-state index contributed by atoms with van der Waals surface area (Å²) in [6, 6.07) is 0. The van der Waals surface area contributed by atoms with Crippen molar-refractivity contribution in [3.05, 3.63) is 0 Å². The molecule has 2 aliphatic rings. The third-order valence-electron chi connectivity index (χ3n) is 3.58. The van der Waals surface area contributed by atoms with Gasteiger partial charge in [0, 0.05) is 12.0 Å². The van der Waals surface area contributed by atoms with E-state index in [1.807, 2.05) is 0 Å². The van der Waals surface area contributed by atoms with E-state index in [1.54, 1.807) is 0 Å². The Hall–Kier alpha value is -0.120. The first-order valence-corrected chi connectivity index (χ1v) is 5.14. The summed E-state index contributed by atoms with van der Waals surface area (Å²) in [6.45, 7) is 4.16. The van der Waals surface area contributed by atoms with Gasteiger partial charge in [-0.15, -0.1) is 0 Å². The molecule has 0 aromatic heterocycles. The third-order valence-corrected chi connectivity index (χ3v) is 3.58. The number of piperidine rings is 1. The average molecular weight is 185 g/mol. The van der Waals surface area contributed by atoms with Gasteiger partial charge in [-0.05, 0) is 32.4 Å². The van der Waals surface area contributed by atoms with Gasteiger partial charge in [-0.3, -0.25) is 0 Å². The van der Waals surface area contributed by atoms with E-state index >= 15 is 0 Å². The first-order valence-electron chi connectivity index (χ1n) is 5.14. The molecule has 0 saturated carbocycles. The van der Waals surface area contributed by atoms with Gasteiger partial charge in [-0.2, -0.15) is 0 Å². The summed E-state index contributed by atoms with van der Waals surface area (Å²) in [6.07, 6.45) is 2.52. The Bertz CT molecular complexity index is 174. The Morgan fingerprint density at radius 2 is 2.31 bits per heavy atom. The van der Waals surface area contributed by atoms with E-state index in [0.29, 0.717) is 12.5 Å². The van der Waals surface area contributed by atoms with E-state index in [4.69, 9.17) is 4.74 Å². The second kappa shape index (κ2) is 3.56. The lowest BCUT2D eigenvalue weighted by Crippen LogP contribution is -2.55. The molecule has 2 aliphatic heterocycles. The van der Waals surface area contributed by atoms with Crippen molar-refractivity contribution in [2.24, 2.45) is 11.3 Å². The highest BCUT2D eigenvalue weighted by atomic mass is 16.5. The fourth-order valence-electron chi connectivity index (χ4n) is 2.49. The van der Waals surface area contributed by atoms with Crippen molar-refractivity contribution in [1.29, 1.82) is 0 Å². The molecule has 76 valence electrons. The first-order chi connectivity index (χ1) is 6.27. The molecule has 0 radical (unpaired) electrons. The molecule has 3 nitrogen and oxygen atoms in total. The molecule has 0 amide bonds. The second-order valence-corrected chi connectivity index (χ2v) is 4.61. The van der Waals surface area contributed by atoms with Gasteiger partial charge in [0.15, 0.2) is 0 Å². The molecule has 3 heteroatoms. The minimum atomic E-state index is 0.106. The molecule has 0 aromatic carbocycles. The van der Waals surface area contributed by atoms with Crippen LogP contribution in [0.2, 0.25) is 0 Å². The van der Waals surface area contributed by atoms with Crippen LogP contribution in [0.5, 0.6) is 0 Å². The van der Waals surface area contributed by atoms with E-state index < -0.39 is 0 Å². The van der Waals surface area contributed by atoms with Crippen LogP contribution in [0.4, 0.5) is 0 Å². The van der Waals surface area contributed by atoms with Crippen molar-refractivity contribution in [1.82, 2.24) is 4.90 Å². The van der Waals surface area contributed by atoms with Gasteiger partial charge in [-0.1, -0.05) is 0 Å². The Labute approximate surface area is 79.7 Å². The molecule has 0 spiro atoms. The van der Waals surface area contributed by atoms with Crippen LogP contribution in [0, 0.1) is 11.3 Å². The van der Waals surface area contributed by atoms with Crippen molar-refractivity contribution in [3.63, 3.8) is 0 Å². The highest BCUT2D eigenvalue weighted by Gasteiger charge is 2.45. The number of aliphatic hydroxyl groups is 1. The molecule has 0 aromatic rings. The number of likely N-dealkylation sites (tertiary alicyclic amines) is 1. The minimum absolute atomic E-state index is 0.106. The molecule has 0 aliphatic carbocycles. The SMILES string of the molecule is CN1CCCC(C2(CO)COC2)C1. The van der Waals surface area contributed by atoms with E-state index in [9.17, 15) is 5.11 Å².